The van der Waals surface area contributed by atoms with Gasteiger partial charge in [-0.1, -0.05) is 30.3 Å². The number of ether oxygens (including phenoxy) is 1. The van der Waals surface area contributed by atoms with E-state index in [0.29, 0.717) is 18.8 Å². The lowest BCUT2D eigenvalue weighted by Gasteiger charge is -2.31. The van der Waals surface area contributed by atoms with E-state index in [-0.39, 0.29) is 17.3 Å². The van der Waals surface area contributed by atoms with Gasteiger partial charge in [-0.2, -0.15) is 4.31 Å². The Morgan fingerprint density at radius 2 is 1.68 bits per heavy atom. The number of nitrogens with one attached hydrogen (secondary N) is 1. The predicted octanol–water partition coefficient (Wildman–Crippen LogP) is 1.30. The van der Waals surface area contributed by atoms with Crippen LogP contribution in [0, 0.1) is 0 Å². The molecule has 0 aliphatic carbocycles. The van der Waals surface area contributed by atoms with Crippen LogP contribution in [0.15, 0.2) is 59.5 Å². The van der Waals surface area contributed by atoms with Crippen molar-refractivity contribution in [3.8, 4) is 5.75 Å². The summed E-state index contributed by atoms with van der Waals surface area (Å²) in [6.45, 7) is 3.06. The quantitative estimate of drug-likeness (QED) is 0.729. The monoisotopic (exact) mass is 444 g/mol. The lowest BCUT2D eigenvalue weighted by molar-refractivity contribution is -0.897. The molecule has 166 valence electrons. The number of hydrogen-bond acceptors (Lipinski definition) is 4. The molecule has 2 aromatic rings. The number of carbonyl (C=O) groups excluding carboxylic acids is 1. The fourth-order valence-corrected chi connectivity index (χ4v) is 6.11. The molecule has 2 fully saturated rings. The van der Waals surface area contributed by atoms with Crippen LogP contribution >= 0.6 is 0 Å². The van der Waals surface area contributed by atoms with Crippen LogP contribution in [0.1, 0.15) is 31.0 Å². The lowest BCUT2D eigenvalue weighted by Crippen LogP contribution is -3.13. The molecule has 2 aliphatic heterocycles. The smallest absolute Gasteiger partial charge is 0.279 e. The van der Waals surface area contributed by atoms with Crippen molar-refractivity contribution in [1.29, 1.82) is 0 Å². The minimum absolute atomic E-state index is 0.00322. The van der Waals surface area contributed by atoms with E-state index in [4.69, 9.17) is 4.74 Å². The number of benzene rings is 2. The van der Waals surface area contributed by atoms with Crippen LogP contribution in [-0.2, 0) is 14.8 Å². The number of likely N-dealkylation sites (tertiary alicyclic amines) is 1. The molecule has 0 bridgehead atoms. The van der Waals surface area contributed by atoms with Crippen molar-refractivity contribution in [3.05, 3.63) is 60.2 Å². The van der Waals surface area contributed by atoms with Gasteiger partial charge in [0.2, 0.25) is 10.0 Å². The number of piperidine rings is 1. The summed E-state index contributed by atoms with van der Waals surface area (Å²) in [6, 6.07) is 15.7. The standard InChI is InChI=1S/C23H29N3O4S/c1-30-20-12-10-19(11-13-20)23-25(22(27)18-24-14-6-3-7-15-24)16-17-26(23)31(28,29)21-8-4-2-5-9-21/h2,4-5,8-13,23H,3,6-7,14-18H2,1H3/p+1. The first-order valence-corrected chi connectivity index (χ1v) is 12.3. The maximum Gasteiger partial charge on any atom is 0.279 e. The molecule has 2 saturated heterocycles. The van der Waals surface area contributed by atoms with Crippen molar-refractivity contribution in [2.45, 2.75) is 30.3 Å². The summed E-state index contributed by atoms with van der Waals surface area (Å²) in [7, 11) is -2.16. The van der Waals surface area contributed by atoms with Crippen molar-refractivity contribution in [1.82, 2.24) is 9.21 Å². The van der Waals surface area contributed by atoms with Gasteiger partial charge in [0.05, 0.1) is 25.1 Å². The summed E-state index contributed by atoms with van der Waals surface area (Å²) in [6.07, 6.45) is 2.84. The van der Waals surface area contributed by atoms with Gasteiger partial charge in [-0.05, 0) is 49.1 Å². The second-order valence-electron chi connectivity index (χ2n) is 8.15. The molecular formula is C23H30N3O4S+. The van der Waals surface area contributed by atoms with E-state index >= 15 is 0 Å². The molecule has 2 aliphatic rings. The van der Waals surface area contributed by atoms with E-state index in [2.05, 4.69) is 0 Å². The average molecular weight is 445 g/mol. The highest BCUT2D eigenvalue weighted by atomic mass is 32.2. The topological polar surface area (TPSA) is 71.4 Å². The molecule has 1 unspecified atom stereocenters. The molecule has 4 rings (SSSR count). The maximum absolute atomic E-state index is 13.5. The molecule has 1 atom stereocenters. The first kappa shape index (κ1) is 21.8. The number of rotatable bonds is 6. The van der Waals surface area contributed by atoms with Crippen LogP contribution in [0.25, 0.3) is 0 Å². The molecule has 0 saturated carbocycles. The Bertz CT molecular complexity index is 989. The highest BCUT2D eigenvalue weighted by Crippen LogP contribution is 2.35. The Morgan fingerprint density at radius 1 is 1.00 bits per heavy atom. The van der Waals surface area contributed by atoms with E-state index in [0.717, 1.165) is 31.5 Å². The molecule has 2 heterocycles. The third kappa shape index (κ3) is 4.61. The van der Waals surface area contributed by atoms with Crippen molar-refractivity contribution in [2.75, 3.05) is 39.8 Å². The number of quaternary nitrogens is 1. The second-order valence-corrected chi connectivity index (χ2v) is 10.0. The zero-order valence-corrected chi connectivity index (χ0v) is 18.7. The highest BCUT2D eigenvalue weighted by Gasteiger charge is 2.43. The summed E-state index contributed by atoms with van der Waals surface area (Å²) in [4.78, 5) is 16.5. The molecule has 8 heteroatoms. The Labute approximate surface area is 184 Å². The van der Waals surface area contributed by atoms with Crippen LogP contribution in [0.4, 0.5) is 0 Å². The molecule has 7 nitrogen and oxygen atoms in total. The minimum atomic E-state index is -3.75. The van der Waals surface area contributed by atoms with Crippen LogP contribution in [0.5, 0.6) is 5.75 Å². The first-order valence-electron chi connectivity index (χ1n) is 10.8. The molecule has 1 amide bonds. The third-order valence-corrected chi connectivity index (χ3v) is 8.04. The zero-order chi connectivity index (χ0) is 21.8. The number of nitrogens with zero attached hydrogens (tertiary/aromatic N) is 2. The van der Waals surface area contributed by atoms with Gasteiger partial charge < -0.3 is 14.5 Å². The summed E-state index contributed by atoms with van der Waals surface area (Å²) in [5, 5.41) is 0. The third-order valence-electron chi connectivity index (χ3n) is 6.18. The second kappa shape index (κ2) is 9.38. The number of methoxy groups -OCH3 is 1. The first-order chi connectivity index (χ1) is 15.0. The number of amides is 1. The van der Waals surface area contributed by atoms with Gasteiger partial charge in [-0.3, -0.25) is 4.79 Å². The van der Waals surface area contributed by atoms with Gasteiger partial charge in [-0.25, -0.2) is 8.42 Å². The number of sulfonamides is 1. The summed E-state index contributed by atoms with van der Waals surface area (Å²) < 4.78 is 33.6. The number of carbonyl (C=O) groups is 1. The van der Waals surface area contributed by atoms with E-state index in [1.165, 1.54) is 15.6 Å². The molecule has 0 radical (unpaired) electrons. The Balaban J connectivity index is 1.65. The molecule has 1 N–H and O–H groups in total. The zero-order valence-electron chi connectivity index (χ0n) is 17.9. The van der Waals surface area contributed by atoms with Crippen molar-refractivity contribution >= 4 is 15.9 Å². The lowest BCUT2D eigenvalue weighted by atomic mass is 10.1. The van der Waals surface area contributed by atoms with Crippen molar-refractivity contribution in [3.63, 3.8) is 0 Å². The van der Waals surface area contributed by atoms with Gasteiger partial charge >= 0.3 is 0 Å². The maximum atomic E-state index is 13.5. The van der Waals surface area contributed by atoms with E-state index < -0.39 is 16.2 Å². The SMILES string of the molecule is COc1ccc(C2N(C(=O)C[NH+]3CCCCC3)CCN2S(=O)(=O)c2ccccc2)cc1. The molecule has 2 aromatic carbocycles. The molecule has 0 aromatic heterocycles. The molecule has 0 spiro atoms. The van der Waals surface area contributed by atoms with E-state index in [9.17, 15) is 13.2 Å². The molecule has 31 heavy (non-hydrogen) atoms. The largest absolute Gasteiger partial charge is 0.497 e. The average Bonchev–Trinajstić information content (AvgIpc) is 3.27. The fourth-order valence-electron chi connectivity index (χ4n) is 4.51. The van der Waals surface area contributed by atoms with Gasteiger partial charge in [0.25, 0.3) is 5.91 Å². The normalized spacial score (nSPS) is 20.7. The van der Waals surface area contributed by atoms with Crippen molar-refractivity contribution in [2.24, 2.45) is 0 Å². The van der Waals surface area contributed by atoms with Crippen LogP contribution in [-0.4, -0.2) is 63.4 Å². The Kier molecular flexibility index (Phi) is 6.60. The van der Waals surface area contributed by atoms with Crippen LogP contribution in [0.2, 0.25) is 0 Å². The van der Waals surface area contributed by atoms with Crippen LogP contribution in [0.3, 0.4) is 0 Å². The summed E-state index contributed by atoms with van der Waals surface area (Å²) >= 11 is 0. The Hall–Kier alpha value is -2.42. The van der Waals surface area contributed by atoms with E-state index in [1.807, 2.05) is 12.1 Å². The minimum Gasteiger partial charge on any atom is -0.497 e. The van der Waals surface area contributed by atoms with Gasteiger partial charge in [0.1, 0.15) is 11.9 Å². The number of hydrogen-bond donors (Lipinski definition) is 1. The van der Waals surface area contributed by atoms with Gasteiger partial charge in [0.15, 0.2) is 6.54 Å². The van der Waals surface area contributed by atoms with Crippen LogP contribution < -0.4 is 9.64 Å². The predicted molar refractivity (Wildman–Crippen MR) is 117 cm³/mol. The van der Waals surface area contributed by atoms with E-state index in [1.54, 1.807) is 54.5 Å². The highest BCUT2D eigenvalue weighted by molar-refractivity contribution is 7.89. The van der Waals surface area contributed by atoms with Crippen molar-refractivity contribution < 1.29 is 22.8 Å². The Morgan fingerprint density at radius 3 is 2.32 bits per heavy atom. The molecular weight excluding hydrogens is 414 g/mol. The van der Waals surface area contributed by atoms with Gasteiger partial charge in [-0.15, -0.1) is 0 Å². The fraction of sp³-hybridized carbons (Fsp3) is 0.435. The summed E-state index contributed by atoms with van der Waals surface area (Å²) in [5.41, 5.74) is 0.764. The summed E-state index contributed by atoms with van der Waals surface area (Å²) in [5.74, 6) is 0.693. The van der Waals surface area contributed by atoms with Gasteiger partial charge in [0, 0.05) is 13.1 Å².